The Labute approximate surface area is 215 Å². The van der Waals surface area contributed by atoms with E-state index in [1.807, 2.05) is 78.2 Å². The molecule has 0 unspecified atom stereocenters. The van der Waals surface area contributed by atoms with Crippen LogP contribution in [-0.4, -0.2) is 22.9 Å². The fourth-order valence-corrected chi connectivity index (χ4v) is 4.84. The molecule has 0 fully saturated rings. The van der Waals surface area contributed by atoms with Gasteiger partial charge >= 0.3 is 0 Å². The molecule has 34 heavy (non-hydrogen) atoms. The van der Waals surface area contributed by atoms with Crippen molar-refractivity contribution >= 4 is 58.4 Å². The van der Waals surface area contributed by atoms with Gasteiger partial charge in [0.2, 0.25) is 0 Å². The number of thiazole rings is 1. The van der Waals surface area contributed by atoms with Crippen molar-refractivity contribution in [2.45, 2.75) is 10.9 Å². The number of hydrogen-bond donors (Lipinski definition) is 1. The summed E-state index contributed by atoms with van der Waals surface area (Å²) in [5, 5.41) is 7.37. The summed E-state index contributed by atoms with van der Waals surface area (Å²) < 4.78 is 6.71. The SMILES string of the molecule is O=C(CSc1nc(-c2ccc(Cl)cc2)cs1)N/N=C/c1ccccc1OCc1ccccc1Cl. The third-order valence-corrected chi connectivity index (χ3v) is 7.24. The molecule has 0 saturated carbocycles. The molecule has 1 N–H and O–H groups in total. The molecule has 9 heteroatoms. The van der Waals surface area contributed by atoms with Crippen LogP contribution in [0.2, 0.25) is 10.0 Å². The number of para-hydroxylation sites is 1. The number of hydrazone groups is 1. The summed E-state index contributed by atoms with van der Waals surface area (Å²) in [5.74, 6) is 0.626. The number of thioether (sulfide) groups is 1. The molecule has 0 aliphatic rings. The molecule has 5 nitrogen and oxygen atoms in total. The second-order valence-corrected chi connectivity index (χ2v) is 9.93. The van der Waals surface area contributed by atoms with E-state index in [4.69, 9.17) is 27.9 Å². The van der Waals surface area contributed by atoms with Crippen LogP contribution in [0, 0.1) is 0 Å². The van der Waals surface area contributed by atoms with Crippen molar-refractivity contribution in [3.8, 4) is 17.0 Å². The van der Waals surface area contributed by atoms with E-state index < -0.39 is 0 Å². The standard InChI is InChI=1S/C25H19Cl2N3O2S2/c26-20-11-9-17(10-12-20)22-15-33-25(29-22)34-16-24(31)30-28-13-18-5-2-4-8-23(18)32-14-19-6-1-3-7-21(19)27/h1-13,15H,14,16H2,(H,30,31)/b28-13+. The summed E-state index contributed by atoms with van der Waals surface area (Å²) in [6, 6.07) is 22.5. The lowest BCUT2D eigenvalue weighted by molar-refractivity contribution is -0.118. The van der Waals surface area contributed by atoms with Crippen LogP contribution in [0.1, 0.15) is 11.1 Å². The Morgan fingerprint density at radius 3 is 2.65 bits per heavy atom. The van der Waals surface area contributed by atoms with Gasteiger partial charge in [-0.15, -0.1) is 11.3 Å². The second kappa shape index (κ2) is 12.0. The first-order valence-electron chi connectivity index (χ1n) is 10.2. The number of ether oxygens (including phenoxy) is 1. The largest absolute Gasteiger partial charge is 0.488 e. The minimum Gasteiger partial charge on any atom is -0.488 e. The Morgan fingerprint density at radius 1 is 1.06 bits per heavy atom. The summed E-state index contributed by atoms with van der Waals surface area (Å²) in [6.07, 6.45) is 1.56. The maximum absolute atomic E-state index is 12.2. The van der Waals surface area contributed by atoms with Gasteiger partial charge in [0.15, 0.2) is 4.34 Å². The van der Waals surface area contributed by atoms with Crippen molar-refractivity contribution in [2.75, 3.05) is 5.75 Å². The number of amides is 1. The number of aromatic nitrogens is 1. The number of nitrogens with zero attached hydrogens (tertiary/aromatic N) is 2. The topological polar surface area (TPSA) is 63.6 Å². The lowest BCUT2D eigenvalue weighted by Crippen LogP contribution is -2.19. The van der Waals surface area contributed by atoms with Crippen molar-refractivity contribution in [3.05, 3.63) is 99.3 Å². The molecule has 0 radical (unpaired) electrons. The lowest BCUT2D eigenvalue weighted by Gasteiger charge is -2.10. The number of carbonyl (C=O) groups is 1. The van der Waals surface area contributed by atoms with Gasteiger partial charge in [-0.3, -0.25) is 4.79 Å². The van der Waals surface area contributed by atoms with Crippen molar-refractivity contribution < 1.29 is 9.53 Å². The Morgan fingerprint density at radius 2 is 1.82 bits per heavy atom. The number of benzene rings is 3. The predicted molar refractivity (Wildman–Crippen MR) is 141 cm³/mol. The van der Waals surface area contributed by atoms with E-state index in [-0.39, 0.29) is 11.7 Å². The van der Waals surface area contributed by atoms with E-state index >= 15 is 0 Å². The first kappa shape index (κ1) is 24.3. The zero-order chi connectivity index (χ0) is 23.8. The van der Waals surface area contributed by atoms with Gasteiger partial charge in [-0.2, -0.15) is 5.10 Å². The quantitative estimate of drug-likeness (QED) is 0.145. The molecule has 0 bridgehead atoms. The molecule has 0 aliphatic heterocycles. The molecule has 3 aromatic carbocycles. The van der Waals surface area contributed by atoms with Crippen molar-refractivity contribution in [1.29, 1.82) is 0 Å². The molecule has 0 spiro atoms. The maximum Gasteiger partial charge on any atom is 0.250 e. The highest BCUT2D eigenvalue weighted by Crippen LogP contribution is 2.29. The minimum atomic E-state index is -0.223. The molecule has 0 saturated heterocycles. The smallest absolute Gasteiger partial charge is 0.250 e. The molecular formula is C25H19Cl2N3O2S2. The molecule has 1 amide bonds. The Bertz CT molecular complexity index is 1290. The molecule has 1 aromatic heterocycles. The fourth-order valence-electron chi connectivity index (χ4n) is 2.90. The monoisotopic (exact) mass is 527 g/mol. The van der Waals surface area contributed by atoms with Crippen molar-refractivity contribution in [3.63, 3.8) is 0 Å². The average Bonchev–Trinajstić information content (AvgIpc) is 3.32. The summed E-state index contributed by atoms with van der Waals surface area (Å²) in [5.41, 5.74) is 6.03. The third-order valence-electron chi connectivity index (χ3n) is 4.60. The van der Waals surface area contributed by atoms with Crippen LogP contribution in [0.25, 0.3) is 11.3 Å². The van der Waals surface area contributed by atoms with Crippen LogP contribution in [0.5, 0.6) is 5.75 Å². The number of hydrogen-bond acceptors (Lipinski definition) is 6. The van der Waals surface area contributed by atoms with Crippen molar-refractivity contribution in [1.82, 2.24) is 10.4 Å². The van der Waals surface area contributed by atoms with Gasteiger partial charge in [-0.1, -0.05) is 77.4 Å². The first-order chi connectivity index (χ1) is 16.6. The van der Waals surface area contributed by atoms with Crippen LogP contribution < -0.4 is 10.2 Å². The average molecular weight is 528 g/mol. The zero-order valence-corrected chi connectivity index (χ0v) is 20.9. The molecule has 4 aromatic rings. The fraction of sp³-hybridized carbons (Fsp3) is 0.0800. The Kier molecular flexibility index (Phi) is 8.60. The van der Waals surface area contributed by atoms with E-state index in [1.54, 1.807) is 6.21 Å². The number of halogens is 2. The molecule has 1 heterocycles. The normalized spacial score (nSPS) is 11.0. The van der Waals surface area contributed by atoms with Crippen molar-refractivity contribution in [2.24, 2.45) is 5.10 Å². The lowest BCUT2D eigenvalue weighted by atomic mass is 10.2. The summed E-state index contributed by atoms with van der Waals surface area (Å²) in [7, 11) is 0. The van der Waals surface area contributed by atoms with Crippen LogP contribution in [0.4, 0.5) is 0 Å². The van der Waals surface area contributed by atoms with Gasteiger partial charge < -0.3 is 4.74 Å². The van der Waals surface area contributed by atoms with Gasteiger partial charge in [-0.25, -0.2) is 10.4 Å². The van der Waals surface area contributed by atoms with Crippen LogP contribution in [-0.2, 0) is 11.4 Å². The molecule has 4 rings (SSSR count). The summed E-state index contributed by atoms with van der Waals surface area (Å²) in [6.45, 7) is 0.333. The number of nitrogens with one attached hydrogen (secondary N) is 1. The predicted octanol–water partition coefficient (Wildman–Crippen LogP) is 6.94. The first-order valence-corrected chi connectivity index (χ1v) is 12.8. The van der Waals surface area contributed by atoms with E-state index in [2.05, 4.69) is 15.5 Å². The summed E-state index contributed by atoms with van der Waals surface area (Å²) in [4.78, 5) is 16.8. The highest BCUT2D eigenvalue weighted by atomic mass is 35.5. The summed E-state index contributed by atoms with van der Waals surface area (Å²) >= 11 is 15.0. The van der Waals surface area contributed by atoms with Crippen LogP contribution in [0.15, 0.2) is 87.6 Å². The highest BCUT2D eigenvalue weighted by molar-refractivity contribution is 8.01. The van der Waals surface area contributed by atoms with Crippen LogP contribution >= 0.6 is 46.3 Å². The van der Waals surface area contributed by atoms with E-state index in [0.717, 1.165) is 26.7 Å². The highest BCUT2D eigenvalue weighted by Gasteiger charge is 2.08. The van der Waals surface area contributed by atoms with Gasteiger partial charge in [0.1, 0.15) is 12.4 Å². The number of rotatable bonds is 9. The van der Waals surface area contributed by atoms with Gasteiger partial charge in [0, 0.05) is 32.1 Å². The van der Waals surface area contributed by atoms with E-state index in [1.165, 1.54) is 23.1 Å². The second-order valence-electron chi connectivity index (χ2n) is 7.01. The van der Waals surface area contributed by atoms with Gasteiger partial charge in [-0.05, 0) is 30.3 Å². The van der Waals surface area contributed by atoms with Gasteiger partial charge in [0.05, 0.1) is 17.7 Å². The molecule has 0 aliphatic carbocycles. The number of carbonyl (C=O) groups excluding carboxylic acids is 1. The van der Waals surface area contributed by atoms with E-state index in [9.17, 15) is 4.79 Å². The minimum absolute atomic E-state index is 0.204. The molecule has 0 atom stereocenters. The zero-order valence-electron chi connectivity index (χ0n) is 17.8. The molecule has 172 valence electrons. The van der Waals surface area contributed by atoms with Crippen LogP contribution in [0.3, 0.4) is 0 Å². The molecular weight excluding hydrogens is 509 g/mol. The Hall–Kier alpha value is -2.84. The Balaban J connectivity index is 1.28. The van der Waals surface area contributed by atoms with E-state index in [0.29, 0.717) is 22.4 Å². The van der Waals surface area contributed by atoms with Gasteiger partial charge in [0.25, 0.3) is 5.91 Å². The maximum atomic E-state index is 12.2. The third kappa shape index (κ3) is 6.84.